The van der Waals surface area contributed by atoms with Crippen molar-refractivity contribution < 1.29 is 39.5 Å². The van der Waals surface area contributed by atoms with Gasteiger partial charge in [-0.25, -0.2) is 0 Å². The number of ketones is 1. The first-order valence-electron chi connectivity index (χ1n) is 9.06. The second kappa shape index (κ2) is 7.13. The third-order valence-corrected chi connectivity index (χ3v) is 5.12. The van der Waals surface area contributed by atoms with Crippen LogP contribution in [0.3, 0.4) is 0 Å². The number of rotatable bonds is 2. The third kappa shape index (κ3) is 3.09. The van der Waals surface area contributed by atoms with Crippen LogP contribution in [0.15, 0.2) is 45.6 Å². The number of hydrogen-bond acceptors (Lipinski definition) is 9. The molecule has 9 heteroatoms. The zero-order chi connectivity index (χ0) is 21.7. The zero-order valence-corrected chi connectivity index (χ0v) is 15.6. The third-order valence-electron chi connectivity index (χ3n) is 5.12. The van der Waals surface area contributed by atoms with E-state index in [0.29, 0.717) is 5.56 Å². The number of fused-ring (bicyclic) bond motifs is 1. The SMILES string of the molecule is C[C@@H]1O[C@@H](c2c(O)cc3oc(-c4ccc(O)cc4)cc(=O)c3c2O)[C@H](O)[C@H](O)C1=O. The van der Waals surface area contributed by atoms with Gasteiger partial charge < -0.3 is 34.7 Å². The van der Waals surface area contributed by atoms with Crippen molar-refractivity contribution >= 4 is 16.8 Å². The fraction of sp³-hybridized carbons (Fsp3) is 0.238. The van der Waals surface area contributed by atoms with Crippen molar-refractivity contribution in [2.24, 2.45) is 0 Å². The molecule has 0 radical (unpaired) electrons. The maximum Gasteiger partial charge on any atom is 0.197 e. The van der Waals surface area contributed by atoms with Crippen molar-refractivity contribution in [1.82, 2.24) is 0 Å². The molecule has 1 aliphatic heterocycles. The molecule has 1 saturated heterocycles. The van der Waals surface area contributed by atoms with Crippen LogP contribution in [0.25, 0.3) is 22.3 Å². The second-order valence-electron chi connectivity index (χ2n) is 7.09. The number of hydrogen-bond donors (Lipinski definition) is 5. The average molecular weight is 414 g/mol. The number of phenols is 3. The molecule has 30 heavy (non-hydrogen) atoms. The summed E-state index contributed by atoms with van der Waals surface area (Å²) < 4.78 is 11.0. The van der Waals surface area contributed by atoms with Gasteiger partial charge in [0.05, 0.1) is 5.56 Å². The van der Waals surface area contributed by atoms with Crippen LogP contribution >= 0.6 is 0 Å². The summed E-state index contributed by atoms with van der Waals surface area (Å²) >= 11 is 0. The predicted molar refractivity (Wildman–Crippen MR) is 103 cm³/mol. The van der Waals surface area contributed by atoms with E-state index in [2.05, 4.69) is 0 Å². The van der Waals surface area contributed by atoms with Crippen molar-refractivity contribution in [1.29, 1.82) is 0 Å². The molecule has 0 saturated carbocycles. The van der Waals surface area contributed by atoms with Crippen molar-refractivity contribution in [2.45, 2.75) is 31.3 Å². The smallest absolute Gasteiger partial charge is 0.197 e. The fourth-order valence-corrected chi connectivity index (χ4v) is 3.53. The summed E-state index contributed by atoms with van der Waals surface area (Å²) in [5, 5.41) is 50.5. The molecule has 156 valence electrons. The predicted octanol–water partition coefficient (Wildman–Crippen LogP) is 1.33. The number of phenolic OH excluding ortho intramolecular Hbond substituents is 3. The van der Waals surface area contributed by atoms with Crippen LogP contribution in [0.4, 0.5) is 0 Å². The van der Waals surface area contributed by atoms with Crippen LogP contribution in [-0.4, -0.2) is 49.6 Å². The fourth-order valence-electron chi connectivity index (χ4n) is 3.53. The summed E-state index contributed by atoms with van der Waals surface area (Å²) in [6.45, 7) is 1.36. The quantitative estimate of drug-likeness (QED) is 0.417. The van der Waals surface area contributed by atoms with Gasteiger partial charge in [0.2, 0.25) is 0 Å². The van der Waals surface area contributed by atoms with Crippen LogP contribution in [0.1, 0.15) is 18.6 Å². The first-order chi connectivity index (χ1) is 14.2. The maximum absolute atomic E-state index is 12.7. The molecule has 9 nitrogen and oxygen atoms in total. The van der Waals surface area contributed by atoms with Gasteiger partial charge in [0.25, 0.3) is 0 Å². The summed E-state index contributed by atoms with van der Waals surface area (Å²) in [5.41, 5.74) is -0.609. The topological polar surface area (TPSA) is 158 Å². The molecule has 0 unspecified atom stereocenters. The minimum Gasteiger partial charge on any atom is -0.508 e. The Morgan fingerprint density at radius 1 is 0.967 bits per heavy atom. The first kappa shape index (κ1) is 19.9. The summed E-state index contributed by atoms with van der Waals surface area (Å²) in [5.74, 6) is -1.81. The molecule has 2 heterocycles. The molecule has 5 N–H and O–H groups in total. The lowest BCUT2D eigenvalue weighted by atomic mass is 9.91. The summed E-state index contributed by atoms with van der Waals surface area (Å²) in [6.07, 6.45) is -6.09. The minimum absolute atomic E-state index is 0.0303. The normalized spacial score (nSPS) is 24.3. The van der Waals surface area contributed by atoms with Gasteiger partial charge >= 0.3 is 0 Å². The molecule has 0 amide bonds. The van der Waals surface area contributed by atoms with Gasteiger partial charge in [-0.1, -0.05) is 0 Å². The number of aliphatic hydroxyl groups excluding tert-OH is 2. The first-order valence-corrected chi connectivity index (χ1v) is 9.06. The molecule has 4 rings (SSSR count). The van der Waals surface area contributed by atoms with Crippen molar-refractivity contribution in [3.63, 3.8) is 0 Å². The Kier molecular flexibility index (Phi) is 4.73. The Morgan fingerprint density at radius 2 is 1.63 bits per heavy atom. The van der Waals surface area contributed by atoms with E-state index in [1.165, 1.54) is 31.2 Å². The lowest BCUT2D eigenvalue weighted by molar-refractivity contribution is -0.181. The van der Waals surface area contributed by atoms with E-state index in [1.54, 1.807) is 0 Å². The lowest BCUT2D eigenvalue weighted by Crippen LogP contribution is -2.50. The van der Waals surface area contributed by atoms with Gasteiger partial charge in [-0.2, -0.15) is 0 Å². The molecule has 1 aliphatic rings. The molecular weight excluding hydrogens is 396 g/mol. The van der Waals surface area contributed by atoms with E-state index < -0.39 is 47.1 Å². The summed E-state index contributed by atoms with van der Waals surface area (Å²) in [4.78, 5) is 24.5. The minimum atomic E-state index is -1.78. The van der Waals surface area contributed by atoms with E-state index in [-0.39, 0.29) is 28.0 Å². The maximum atomic E-state index is 12.7. The van der Waals surface area contributed by atoms with Gasteiger partial charge in [0.15, 0.2) is 11.2 Å². The monoisotopic (exact) mass is 414 g/mol. The Hall–Kier alpha value is -3.40. The molecule has 1 aromatic heterocycles. The van der Waals surface area contributed by atoms with Gasteiger partial charge in [-0.3, -0.25) is 9.59 Å². The number of aliphatic hydroxyl groups is 2. The van der Waals surface area contributed by atoms with E-state index in [0.717, 1.165) is 12.1 Å². The Labute approximate surface area is 169 Å². The Morgan fingerprint density at radius 3 is 2.30 bits per heavy atom. The number of carbonyl (C=O) groups is 1. The second-order valence-corrected chi connectivity index (χ2v) is 7.09. The van der Waals surface area contributed by atoms with Crippen LogP contribution in [0.5, 0.6) is 17.2 Å². The molecule has 0 aliphatic carbocycles. The molecule has 0 bridgehead atoms. The Balaban J connectivity index is 1.87. The van der Waals surface area contributed by atoms with Gasteiger partial charge in [-0.05, 0) is 31.2 Å². The lowest BCUT2D eigenvalue weighted by Gasteiger charge is -2.35. The molecule has 4 atom stereocenters. The summed E-state index contributed by atoms with van der Waals surface area (Å²) in [7, 11) is 0. The van der Waals surface area contributed by atoms with Gasteiger partial charge in [0.1, 0.15) is 58.4 Å². The number of ether oxygens (including phenoxy) is 1. The average Bonchev–Trinajstić information content (AvgIpc) is 2.70. The van der Waals surface area contributed by atoms with E-state index in [9.17, 15) is 35.1 Å². The highest BCUT2D eigenvalue weighted by atomic mass is 16.5. The van der Waals surface area contributed by atoms with E-state index >= 15 is 0 Å². The number of Topliss-reactive ketones (excluding diaryl/α,β-unsaturated/α-hetero) is 1. The molecule has 0 spiro atoms. The van der Waals surface area contributed by atoms with Crippen LogP contribution in [0, 0.1) is 0 Å². The van der Waals surface area contributed by atoms with E-state index in [4.69, 9.17) is 9.15 Å². The van der Waals surface area contributed by atoms with Crippen molar-refractivity contribution in [3.05, 3.63) is 52.2 Å². The largest absolute Gasteiger partial charge is 0.508 e. The highest BCUT2D eigenvalue weighted by Gasteiger charge is 2.44. The van der Waals surface area contributed by atoms with Crippen LogP contribution in [0.2, 0.25) is 0 Å². The number of aromatic hydroxyl groups is 3. The highest BCUT2D eigenvalue weighted by Crippen LogP contribution is 2.44. The van der Waals surface area contributed by atoms with Crippen LogP contribution in [-0.2, 0) is 9.53 Å². The molecule has 3 aromatic rings. The standard InChI is InChI=1S/C21H18O9/c1-8-17(25)19(27)20(28)21(29-8)16-12(24)7-14-15(18(16)26)11(23)6-13(30-14)9-2-4-10(22)5-3-9/h2-8,19-22,24,26-28H,1H3/t8-,19+,20+,21-/m0/s1. The summed E-state index contributed by atoms with van der Waals surface area (Å²) in [6, 6.07) is 8.09. The van der Waals surface area contributed by atoms with Crippen LogP contribution < -0.4 is 5.43 Å². The number of carbonyl (C=O) groups excluding carboxylic acids is 1. The molecule has 2 aromatic carbocycles. The molecular formula is C21H18O9. The number of benzene rings is 2. The highest BCUT2D eigenvalue weighted by molar-refractivity contribution is 5.90. The van der Waals surface area contributed by atoms with Gasteiger partial charge in [0, 0.05) is 17.7 Å². The zero-order valence-electron chi connectivity index (χ0n) is 15.6. The van der Waals surface area contributed by atoms with Crippen molar-refractivity contribution in [3.8, 4) is 28.6 Å². The Bertz CT molecular complexity index is 1200. The molecule has 1 fully saturated rings. The van der Waals surface area contributed by atoms with E-state index in [1.807, 2.05) is 0 Å². The van der Waals surface area contributed by atoms with Crippen molar-refractivity contribution in [2.75, 3.05) is 0 Å². The van der Waals surface area contributed by atoms with Gasteiger partial charge in [-0.15, -0.1) is 0 Å².